The molecule has 2 fully saturated rings. The quantitative estimate of drug-likeness (QED) is 0.839. The third-order valence-electron chi connectivity index (χ3n) is 4.31. The highest BCUT2D eigenvalue weighted by Gasteiger charge is 2.43. The SMILES string of the molecule is c1ccc(CN2CC3CC2CN3c2ccncn2)nc1. The van der Waals surface area contributed by atoms with E-state index >= 15 is 0 Å². The van der Waals surface area contributed by atoms with Gasteiger partial charge in [-0.1, -0.05) is 6.07 Å². The second-order valence-electron chi connectivity index (χ2n) is 5.51. The zero-order valence-electron chi connectivity index (χ0n) is 11.3. The summed E-state index contributed by atoms with van der Waals surface area (Å²) < 4.78 is 0. The zero-order chi connectivity index (χ0) is 13.4. The molecule has 2 aromatic heterocycles. The summed E-state index contributed by atoms with van der Waals surface area (Å²) in [5.41, 5.74) is 1.16. The average Bonchev–Trinajstić information content (AvgIpc) is 3.09. The van der Waals surface area contributed by atoms with Gasteiger partial charge in [-0.05, 0) is 24.6 Å². The van der Waals surface area contributed by atoms with Crippen LogP contribution in [0.15, 0.2) is 43.0 Å². The van der Waals surface area contributed by atoms with E-state index < -0.39 is 0 Å². The van der Waals surface area contributed by atoms with Crippen molar-refractivity contribution in [2.24, 2.45) is 0 Å². The molecule has 0 N–H and O–H groups in total. The highest BCUT2D eigenvalue weighted by Crippen LogP contribution is 2.34. The second kappa shape index (κ2) is 4.83. The van der Waals surface area contributed by atoms with Crippen LogP contribution in [0.2, 0.25) is 0 Å². The molecule has 0 amide bonds. The van der Waals surface area contributed by atoms with E-state index in [1.54, 1.807) is 6.33 Å². The van der Waals surface area contributed by atoms with Crippen molar-refractivity contribution in [3.8, 4) is 0 Å². The Balaban J connectivity index is 1.45. The van der Waals surface area contributed by atoms with E-state index in [1.165, 1.54) is 6.42 Å². The molecule has 0 radical (unpaired) electrons. The first kappa shape index (κ1) is 11.8. The standard InChI is InChI=1S/C15H17N5/c1-2-5-17-12(3-1)8-19-9-14-7-13(19)10-20(14)15-4-6-16-11-18-15/h1-6,11,13-14H,7-10H2. The van der Waals surface area contributed by atoms with Crippen LogP contribution in [0, 0.1) is 0 Å². The summed E-state index contributed by atoms with van der Waals surface area (Å²) in [7, 11) is 0. The first-order chi connectivity index (χ1) is 9.90. The van der Waals surface area contributed by atoms with E-state index in [4.69, 9.17) is 0 Å². The minimum Gasteiger partial charge on any atom is -0.351 e. The van der Waals surface area contributed by atoms with Crippen LogP contribution in [-0.4, -0.2) is 45.0 Å². The van der Waals surface area contributed by atoms with Gasteiger partial charge in [0.05, 0.1) is 5.69 Å². The maximum atomic E-state index is 4.43. The van der Waals surface area contributed by atoms with Crippen molar-refractivity contribution in [2.75, 3.05) is 18.0 Å². The fraction of sp³-hybridized carbons (Fsp3) is 0.400. The van der Waals surface area contributed by atoms with E-state index in [9.17, 15) is 0 Å². The minimum atomic E-state index is 0.582. The Morgan fingerprint density at radius 3 is 2.75 bits per heavy atom. The molecule has 5 heteroatoms. The van der Waals surface area contributed by atoms with Crippen LogP contribution in [-0.2, 0) is 6.54 Å². The van der Waals surface area contributed by atoms with Gasteiger partial charge in [0.15, 0.2) is 0 Å². The minimum absolute atomic E-state index is 0.582. The van der Waals surface area contributed by atoms with Gasteiger partial charge in [0.2, 0.25) is 0 Å². The lowest BCUT2D eigenvalue weighted by molar-refractivity contribution is 0.227. The van der Waals surface area contributed by atoms with Gasteiger partial charge in [0.1, 0.15) is 12.1 Å². The van der Waals surface area contributed by atoms with Gasteiger partial charge in [0.25, 0.3) is 0 Å². The molecule has 2 saturated heterocycles. The summed E-state index contributed by atoms with van der Waals surface area (Å²) in [4.78, 5) is 17.8. The highest BCUT2D eigenvalue weighted by atomic mass is 15.4. The average molecular weight is 267 g/mol. The Labute approximate surface area is 118 Å². The molecule has 2 atom stereocenters. The van der Waals surface area contributed by atoms with Gasteiger partial charge in [-0.2, -0.15) is 0 Å². The number of likely N-dealkylation sites (tertiary alicyclic amines) is 1. The maximum absolute atomic E-state index is 4.43. The van der Waals surface area contributed by atoms with Gasteiger partial charge in [-0.25, -0.2) is 9.97 Å². The molecule has 4 heterocycles. The number of rotatable bonds is 3. The predicted octanol–water partition coefficient (Wildman–Crippen LogP) is 1.33. The Kier molecular flexibility index (Phi) is 2.85. The number of anilines is 1. The molecule has 2 unspecified atom stereocenters. The van der Waals surface area contributed by atoms with Crippen LogP contribution in [0.3, 0.4) is 0 Å². The number of fused-ring (bicyclic) bond motifs is 2. The van der Waals surface area contributed by atoms with Gasteiger partial charge < -0.3 is 4.90 Å². The van der Waals surface area contributed by atoms with E-state index in [1.807, 2.05) is 24.5 Å². The number of hydrogen-bond acceptors (Lipinski definition) is 5. The molecule has 2 aliphatic heterocycles. The topological polar surface area (TPSA) is 45.2 Å². The summed E-state index contributed by atoms with van der Waals surface area (Å²) in [6.07, 6.45) is 6.56. The summed E-state index contributed by atoms with van der Waals surface area (Å²) in [5, 5.41) is 0. The second-order valence-corrected chi connectivity index (χ2v) is 5.51. The van der Waals surface area contributed by atoms with E-state index in [-0.39, 0.29) is 0 Å². The van der Waals surface area contributed by atoms with Crippen LogP contribution in [0.5, 0.6) is 0 Å². The van der Waals surface area contributed by atoms with E-state index in [2.05, 4.69) is 36.9 Å². The van der Waals surface area contributed by atoms with Crippen molar-refractivity contribution in [3.05, 3.63) is 48.7 Å². The fourth-order valence-corrected chi connectivity index (χ4v) is 3.38. The number of pyridine rings is 1. The smallest absolute Gasteiger partial charge is 0.132 e. The Morgan fingerprint density at radius 1 is 1.05 bits per heavy atom. The fourth-order valence-electron chi connectivity index (χ4n) is 3.38. The van der Waals surface area contributed by atoms with Crippen molar-refractivity contribution < 1.29 is 0 Å². The van der Waals surface area contributed by atoms with Gasteiger partial charge in [-0.15, -0.1) is 0 Å². The van der Waals surface area contributed by atoms with Gasteiger partial charge in [-0.3, -0.25) is 9.88 Å². The molecule has 2 aromatic rings. The molecule has 20 heavy (non-hydrogen) atoms. The lowest BCUT2D eigenvalue weighted by Crippen LogP contribution is -2.46. The summed E-state index contributed by atoms with van der Waals surface area (Å²) in [5.74, 6) is 1.06. The normalized spacial score (nSPS) is 25.3. The number of hydrogen-bond donors (Lipinski definition) is 0. The molecule has 5 nitrogen and oxygen atoms in total. The molecule has 2 aliphatic rings. The highest BCUT2D eigenvalue weighted by molar-refractivity contribution is 5.42. The van der Waals surface area contributed by atoms with Crippen molar-refractivity contribution in [2.45, 2.75) is 25.0 Å². The van der Waals surface area contributed by atoms with Crippen LogP contribution in [0.25, 0.3) is 0 Å². The third-order valence-corrected chi connectivity index (χ3v) is 4.31. The predicted molar refractivity (Wildman–Crippen MR) is 76.2 cm³/mol. The summed E-state index contributed by atoms with van der Waals surface area (Å²) in [6.45, 7) is 3.12. The lowest BCUT2D eigenvalue weighted by Gasteiger charge is -2.34. The van der Waals surface area contributed by atoms with Crippen molar-refractivity contribution in [3.63, 3.8) is 0 Å². The number of piperazine rings is 1. The Morgan fingerprint density at radius 2 is 2.05 bits per heavy atom. The van der Waals surface area contributed by atoms with Crippen molar-refractivity contribution in [1.29, 1.82) is 0 Å². The molecular formula is C15H17N5. The number of aromatic nitrogens is 3. The van der Waals surface area contributed by atoms with E-state index in [0.29, 0.717) is 12.1 Å². The monoisotopic (exact) mass is 267 g/mol. The maximum Gasteiger partial charge on any atom is 0.132 e. The van der Waals surface area contributed by atoms with Crippen LogP contribution in [0.1, 0.15) is 12.1 Å². The largest absolute Gasteiger partial charge is 0.351 e. The van der Waals surface area contributed by atoms with Crippen molar-refractivity contribution in [1.82, 2.24) is 19.9 Å². The van der Waals surface area contributed by atoms with Gasteiger partial charge >= 0.3 is 0 Å². The molecule has 4 rings (SSSR count). The van der Waals surface area contributed by atoms with Crippen molar-refractivity contribution >= 4 is 5.82 Å². The third kappa shape index (κ3) is 2.04. The Bertz CT molecular complexity index is 573. The summed E-state index contributed by atoms with van der Waals surface area (Å²) >= 11 is 0. The Hall–Kier alpha value is -2.01. The lowest BCUT2D eigenvalue weighted by atomic mass is 10.2. The molecule has 2 bridgehead atoms. The number of nitrogens with zero attached hydrogens (tertiary/aromatic N) is 5. The molecule has 0 aliphatic carbocycles. The van der Waals surface area contributed by atoms with Crippen LogP contribution in [0.4, 0.5) is 5.82 Å². The first-order valence-corrected chi connectivity index (χ1v) is 7.07. The van der Waals surface area contributed by atoms with Gasteiger partial charge in [0, 0.05) is 44.1 Å². The molecular weight excluding hydrogens is 250 g/mol. The molecule has 0 spiro atoms. The zero-order valence-corrected chi connectivity index (χ0v) is 11.3. The van der Waals surface area contributed by atoms with Crippen LogP contribution < -0.4 is 4.90 Å². The molecule has 0 aromatic carbocycles. The van der Waals surface area contributed by atoms with Crippen LogP contribution >= 0.6 is 0 Å². The van der Waals surface area contributed by atoms with E-state index in [0.717, 1.165) is 31.1 Å². The molecule has 0 saturated carbocycles. The molecule has 102 valence electrons. The summed E-state index contributed by atoms with van der Waals surface area (Å²) in [6, 6.07) is 9.34. The first-order valence-electron chi connectivity index (χ1n) is 7.07.